The molecule has 7 heteroatoms. The highest BCUT2D eigenvalue weighted by Gasteiger charge is 2.44. The number of carbonyl (C=O) groups is 1. The highest BCUT2D eigenvalue weighted by Crippen LogP contribution is 2.47. The lowest BCUT2D eigenvalue weighted by Crippen LogP contribution is -2.33. The molecule has 1 aliphatic rings. The third-order valence-corrected chi connectivity index (χ3v) is 5.47. The Labute approximate surface area is 152 Å². The minimum absolute atomic E-state index is 0.00693. The molecule has 0 aliphatic heterocycles. The van der Waals surface area contributed by atoms with Gasteiger partial charge in [0.1, 0.15) is 0 Å². The van der Waals surface area contributed by atoms with Gasteiger partial charge in [-0.2, -0.15) is 0 Å². The number of rotatable bonds is 6. The zero-order valence-electron chi connectivity index (χ0n) is 15.0. The van der Waals surface area contributed by atoms with Crippen molar-refractivity contribution in [3.05, 3.63) is 41.7 Å². The quantitative estimate of drug-likeness (QED) is 0.610. The fourth-order valence-corrected chi connectivity index (χ4v) is 3.53. The maximum atomic E-state index is 12.2. The first-order valence-electron chi connectivity index (χ1n) is 8.48. The van der Waals surface area contributed by atoms with E-state index in [1.54, 1.807) is 0 Å². The van der Waals surface area contributed by atoms with Gasteiger partial charge >= 0.3 is 0 Å². The molecule has 1 aliphatic carbocycles. The molecule has 1 fully saturated rings. The Morgan fingerprint density at radius 1 is 1.28 bits per heavy atom. The van der Waals surface area contributed by atoms with E-state index in [-0.39, 0.29) is 22.5 Å². The summed E-state index contributed by atoms with van der Waals surface area (Å²) in [4.78, 5) is 12.2. The van der Waals surface area contributed by atoms with Crippen LogP contribution in [-0.2, 0) is 15.6 Å². The molecule has 25 heavy (non-hydrogen) atoms. The molecule has 0 bridgehead atoms. The van der Waals surface area contributed by atoms with Crippen molar-refractivity contribution in [3.63, 3.8) is 0 Å². The maximum Gasteiger partial charge on any atom is 0.230 e. The van der Waals surface area contributed by atoms with E-state index in [1.165, 1.54) is 22.0 Å². The van der Waals surface area contributed by atoms with Gasteiger partial charge in [-0.25, -0.2) is 4.68 Å². The second kappa shape index (κ2) is 6.71. The minimum Gasteiger partial charge on any atom is -0.354 e. The van der Waals surface area contributed by atoms with E-state index in [0.717, 1.165) is 12.8 Å². The van der Waals surface area contributed by atoms with E-state index in [0.29, 0.717) is 17.5 Å². The van der Waals surface area contributed by atoms with E-state index in [1.807, 2.05) is 39.0 Å². The number of hydrogen-bond donors (Lipinski definition) is 2. The molecule has 0 radical (unpaired) electrons. The summed E-state index contributed by atoms with van der Waals surface area (Å²) in [5.74, 6) is 7.02. The number of hydrogen-bond acceptors (Lipinski definition) is 5. The summed E-state index contributed by atoms with van der Waals surface area (Å²) in [5.41, 5.74) is 1.24. The number of aromatic nitrogens is 3. The molecule has 3 rings (SSSR count). The topological polar surface area (TPSA) is 85.8 Å². The zero-order chi connectivity index (χ0) is 18.1. The summed E-state index contributed by atoms with van der Waals surface area (Å²) >= 11 is 1.31. The average molecular weight is 359 g/mol. The molecule has 3 N–H and O–H groups in total. The summed E-state index contributed by atoms with van der Waals surface area (Å²) in [7, 11) is 0. The highest BCUT2D eigenvalue weighted by atomic mass is 32.2. The molecule has 0 saturated heterocycles. The van der Waals surface area contributed by atoms with Crippen molar-refractivity contribution in [2.24, 2.45) is 0 Å². The highest BCUT2D eigenvalue weighted by molar-refractivity contribution is 7.99. The normalized spacial score (nSPS) is 15.8. The van der Waals surface area contributed by atoms with Crippen molar-refractivity contribution in [1.29, 1.82) is 0 Å². The SMILES string of the molecule is CC(C)(C)c1nnc(SCC(=O)NCC2(c3ccccc3)CC2)n1N. The Bertz CT molecular complexity index is 747. The molecular weight excluding hydrogens is 334 g/mol. The summed E-state index contributed by atoms with van der Waals surface area (Å²) in [6.07, 6.45) is 2.24. The smallest absolute Gasteiger partial charge is 0.230 e. The maximum absolute atomic E-state index is 12.2. The molecule has 1 aromatic carbocycles. The Hall–Kier alpha value is -2.02. The monoisotopic (exact) mass is 359 g/mol. The number of thioether (sulfide) groups is 1. The molecular formula is C18H25N5OS. The molecule has 134 valence electrons. The van der Waals surface area contributed by atoms with Crippen LogP contribution in [0, 0.1) is 0 Å². The number of nitrogens with two attached hydrogens (primary N) is 1. The van der Waals surface area contributed by atoms with Crippen molar-refractivity contribution in [2.75, 3.05) is 18.1 Å². The van der Waals surface area contributed by atoms with Gasteiger partial charge in [0.2, 0.25) is 11.1 Å². The summed E-state index contributed by atoms with van der Waals surface area (Å²) < 4.78 is 1.48. The third kappa shape index (κ3) is 3.98. The van der Waals surface area contributed by atoms with Gasteiger partial charge < -0.3 is 11.2 Å². The van der Waals surface area contributed by atoms with Crippen molar-refractivity contribution >= 4 is 17.7 Å². The lowest BCUT2D eigenvalue weighted by Gasteiger charge is -2.17. The van der Waals surface area contributed by atoms with Crippen molar-refractivity contribution in [2.45, 2.75) is 49.6 Å². The standard InChI is InChI=1S/C18H25N5OS/c1-17(2,3)15-21-22-16(23(15)19)25-11-14(24)20-12-18(9-10-18)13-7-5-4-6-8-13/h4-8H,9-12,19H2,1-3H3,(H,20,24). The van der Waals surface area contributed by atoms with E-state index in [2.05, 4.69) is 27.6 Å². The van der Waals surface area contributed by atoms with E-state index >= 15 is 0 Å². The molecule has 0 spiro atoms. The Kier molecular flexibility index (Phi) is 4.77. The van der Waals surface area contributed by atoms with Crippen LogP contribution in [0.15, 0.2) is 35.5 Å². The van der Waals surface area contributed by atoms with Crippen LogP contribution in [0.25, 0.3) is 0 Å². The molecule has 0 atom stereocenters. The van der Waals surface area contributed by atoms with Gasteiger partial charge in [-0.05, 0) is 18.4 Å². The van der Waals surface area contributed by atoms with E-state index in [9.17, 15) is 4.79 Å². The molecule has 1 amide bonds. The van der Waals surface area contributed by atoms with Crippen molar-refractivity contribution < 1.29 is 4.79 Å². The number of nitrogen functional groups attached to an aromatic ring is 1. The first kappa shape index (κ1) is 17.8. The molecule has 1 aromatic heterocycles. The van der Waals surface area contributed by atoms with Gasteiger partial charge in [-0.15, -0.1) is 10.2 Å². The van der Waals surface area contributed by atoms with Crippen LogP contribution in [0.2, 0.25) is 0 Å². The predicted octanol–water partition coefficient (Wildman–Crippen LogP) is 2.23. The van der Waals surface area contributed by atoms with Gasteiger partial charge in [0.25, 0.3) is 0 Å². The second-order valence-electron chi connectivity index (χ2n) is 7.64. The average Bonchev–Trinajstić information content (AvgIpc) is 3.28. The van der Waals surface area contributed by atoms with Crippen LogP contribution in [-0.4, -0.2) is 33.1 Å². The zero-order valence-corrected chi connectivity index (χ0v) is 15.8. The van der Waals surface area contributed by atoms with E-state index < -0.39 is 0 Å². The number of benzene rings is 1. The predicted molar refractivity (Wildman–Crippen MR) is 100.0 cm³/mol. The van der Waals surface area contributed by atoms with Crippen molar-refractivity contribution in [1.82, 2.24) is 20.2 Å². The van der Waals surface area contributed by atoms with Gasteiger partial charge in [0.05, 0.1) is 5.75 Å². The lowest BCUT2D eigenvalue weighted by atomic mass is 9.96. The number of nitrogens with zero attached hydrogens (tertiary/aromatic N) is 3. The number of amides is 1. The number of nitrogens with one attached hydrogen (secondary N) is 1. The van der Waals surface area contributed by atoms with Gasteiger partial charge in [-0.1, -0.05) is 62.9 Å². The fourth-order valence-electron chi connectivity index (χ4n) is 2.85. The summed E-state index contributed by atoms with van der Waals surface area (Å²) in [6, 6.07) is 10.4. The lowest BCUT2D eigenvalue weighted by molar-refractivity contribution is -0.118. The minimum atomic E-state index is -0.184. The molecule has 2 aromatic rings. The van der Waals surface area contributed by atoms with Gasteiger partial charge in [-0.3, -0.25) is 4.79 Å². The van der Waals surface area contributed by atoms with Gasteiger partial charge in [0.15, 0.2) is 5.82 Å². The Morgan fingerprint density at radius 2 is 1.96 bits per heavy atom. The Balaban J connectivity index is 1.52. The van der Waals surface area contributed by atoms with Crippen LogP contribution in [0.4, 0.5) is 0 Å². The van der Waals surface area contributed by atoms with Gasteiger partial charge in [0, 0.05) is 17.4 Å². The fraction of sp³-hybridized carbons (Fsp3) is 0.500. The number of carbonyl (C=O) groups excluding carboxylic acids is 1. The summed E-state index contributed by atoms with van der Waals surface area (Å²) in [5, 5.41) is 11.8. The van der Waals surface area contributed by atoms with Crippen LogP contribution < -0.4 is 11.2 Å². The molecule has 1 saturated carbocycles. The first-order chi connectivity index (χ1) is 11.8. The Morgan fingerprint density at radius 3 is 2.52 bits per heavy atom. The summed E-state index contributed by atoms with van der Waals surface area (Å²) in [6.45, 7) is 6.76. The molecule has 0 unspecified atom stereocenters. The first-order valence-corrected chi connectivity index (χ1v) is 9.46. The van der Waals surface area contributed by atoms with Crippen LogP contribution in [0.3, 0.4) is 0 Å². The molecule has 1 heterocycles. The molecule has 6 nitrogen and oxygen atoms in total. The third-order valence-electron chi connectivity index (χ3n) is 4.53. The van der Waals surface area contributed by atoms with Crippen LogP contribution >= 0.6 is 11.8 Å². The van der Waals surface area contributed by atoms with Crippen LogP contribution in [0.5, 0.6) is 0 Å². The van der Waals surface area contributed by atoms with Crippen LogP contribution in [0.1, 0.15) is 45.0 Å². The van der Waals surface area contributed by atoms with Crippen molar-refractivity contribution in [3.8, 4) is 0 Å². The largest absolute Gasteiger partial charge is 0.354 e. The second-order valence-corrected chi connectivity index (χ2v) is 8.58. The van der Waals surface area contributed by atoms with E-state index in [4.69, 9.17) is 5.84 Å².